The topological polar surface area (TPSA) is 152 Å². The second-order valence-corrected chi connectivity index (χ2v) is 16.7. The summed E-state index contributed by atoms with van der Waals surface area (Å²) in [6, 6.07) is 31.4. The van der Waals surface area contributed by atoms with Crippen LogP contribution in [0.4, 0.5) is 11.4 Å². The molecular weight excluding hydrogens is 773 g/mol. The van der Waals surface area contributed by atoms with Crippen molar-refractivity contribution in [3.8, 4) is 0 Å². The van der Waals surface area contributed by atoms with Crippen molar-refractivity contribution in [1.82, 2.24) is 15.2 Å². The van der Waals surface area contributed by atoms with E-state index >= 15 is 0 Å². The van der Waals surface area contributed by atoms with Crippen molar-refractivity contribution < 1.29 is 28.2 Å². The van der Waals surface area contributed by atoms with E-state index in [1.165, 1.54) is 28.8 Å². The number of aliphatic hydroxyl groups is 2. The SMILES string of the molecule is CC(C)(CO)NC(=O)c1cccc(N(Cc2ccc(Cl)cc2)S(=O)(=O)c2cccnc2)c1.O=C(c1cccc(NCc2ccc(Cl)cc2)c1)N1CCCC(O)C1. The van der Waals surface area contributed by atoms with E-state index in [0.717, 1.165) is 34.7 Å². The van der Waals surface area contributed by atoms with Gasteiger partial charge < -0.3 is 25.7 Å². The molecule has 1 unspecified atom stereocenters. The summed E-state index contributed by atoms with van der Waals surface area (Å²) in [6.07, 6.45) is 3.99. The van der Waals surface area contributed by atoms with Gasteiger partial charge in [0.15, 0.2) is 0 Å². The number of anilines is 2. The highest BCUT2D eigenvalue weighted by molar-refractivity contribution is 7.92. The number of β-amino-alcohol motifs (C(OH)–C–C–N with tert-alkyl or cyclic N) is 1. The summed E-state index contributed by atoms with van der Waals surface area (Å²) in [6.45, 7) is 4.96. The van der Waals surface area contributed by atoms with Gasteiger partial charge in [-0.2, -0.15) is 0 Å². The number of sulfonamides is 1. The first-order valence-electron chi connectivity index (χ1n) is 18.0. The van der Waals surface area contributed by atoms with Gasteiger partial charge in [-0.1, -0.05) is 59.6 Å². The highest BCUT2D eigenvalue weighted by atomic mass is 35.5. The standard InChI is InChI=1S/C23H24ClN3O4S.C19H21ClN2O2/c1-23(2,16-28)26-22(29)18-5-3-6-20(13-18)27(15-17-8-10-19(24)11-9-17)32(30,31)21-7-4-12-25-14-21;20-16-8-6-14(7-9-16)12-21-17-4-1-3-15(11-17)19(24)22-10-2-5-18(23)13-22/h3-14,28H,15-16H2,1-2H3,(H,26,29);1,3-4,6-9,11,18,21,23H,2,5,10,12-13H2. The molecule has 0 spiro atoms. The summed E-state index contributed by atoms with van der Waals surface area (Å²) >= 11 is 11.9. The molecule has 1 aliphatic heterocycles. The monoisotopic (exact) mass is 817 g/mol. The highest BCUT2D eigenvalue weighted by Crippen LogP contribution is 2.27. The summed E-state index contributed by atoms with van der Waals surface area (Å²) in [5.74, 6) is -0.444. The molecule has 1 aliphatic rings. The molecule has 4 N–H and O–H groups in total. The predicted molar refractivity (Wildman–Crippen MR) is 220 cm³/mol. The first-order chi connectivity index (χ1) is 26.7. The molecule has 1 atom stereocenters. The molecule has 294 valence electrons. The van der Waals surface area contributed by atoms with Gasteiger partial charge in [0.2, 0.25) is 0 Å². The number of halogens is 2. The molecular formula is C42H45Cl2N5O6S. The molecule has 11 nitrogen and oxygen atoms in total. The Morgan fingerprint density at radius 1 is 0.893 bits per heavy atom. The maximum atomic E-state index is 13.5. The first kappa shape index (κ1) is 42.2. The van der Waals surface area contributed by atoms with Crippen LogP contribution < -0.4 is 14.9 Å². The van der Waals surface area contributed by atoms with E-state index in [1.54, 1.807) is 67.3 Å². The third-order valence-corrected chi connectivity index (χ3v) is 11.2. The van der Waals surface area contributed by atoms with E-state index in [9.17, 15) is 28.2 Å². The number of nitrogens with one attached hydrogen (secondary N) is 2. The number of likely N-dealkylation sites (tertiary alicyclic amines) is 1. The van der Waals surface area contributed by atoms with Crippen molar-refractivity contribution in [3.05, 3.63) is 154 Å². The zero-order valence-electron chi connectivity index (χ0n) is 31.1. The average Bonchev–Trinajstić information content (AvgIpc) is 3.20. The number of aliphatic hydroxyl groups excluding tert-OH is 2. The molecule has 14 heteroatoms. The van der Waals surface area contributed by atoms with Gasteiger partial charge >= 0.3 is 0 Å². The van der Waals surface area contributed by atoms with Gasteiger partial charge in [0.25, 0.3) is 21.8 Å². The average molecular weight is 819 g/mol. The summed E-state index contributed by atoms with van der Waals surface area (Å²) in [5, 5.41) is 26.5. The van der Waals surface area contributed by atoms with Crippen LogP contribution in [0.1, 0.15) is 58.5 Å². The van der Waals surface area contributed by atoms with Crippen LogP contribution in [0, 0.1) is 0 Å². The number of carbonyl (C=O) groups is 2. The quantitative estimate of drug-likeness (QED) is 0.103. The molecule has 0 bridgehead atoms. The Balaban J connectivity index is 0.000000223. The smallest absolute Gasteiger partial charge is 0.266 e. The second-order valence-electron chi connectivity index (χ2n) is 14.0. The van der Waals surface area contributed by atoms with Gasteiger partial charge in [0, 0.05) is 58.9 Å². The minimum absolute atomic E-state index is 0.0242. The Labute approximate surface area is 338 Å². The van der Waals surface area contributed by atoms with Gasteiger partial charge in [-0.15, -0.1) is 0 Å². The van der Waals surface area contributed by atoms with E-state index in [-0.39, 0.29) is 29.5 Å². The van der Waals surface area contributed by atoms with Gasteiger partial charge in [-0.25, -0.2) is 8.42 Å². The maximum absolute atomic E-state index is 13.5. The zero-order chi connectivity index (χ0) is 40.3. The normalized spacial score (nSPS) is 14.2. The number of nitrogens with zero attached hydrogens (tertiary/aromatic N) is 3. The molecule has 2 amide bonds. The van der Waals surface area contributed by atoms with E-state index in [1.807, 2.05) is 48.5 Å². The summed E-state index contributed by atoms with van der Waals surface area (Å²) in [5.41, 5.74) is 3.15. The molecule has 6 rings (SSSR count). The fraction of sp³-hybridized carbons (Fsp3) is 0.262. The van der Waals surface area contributed by atoms with Crippen molar-refractivity contribution in [2.75, 3.05) is 29.3 Å². The zero-order valence-corrected chi connectivity index (χ0v) is 33.4. The number of rotatable bonds is 12. The Bertz CT molecular complexity index is 2190. The van der Waals surface area contributed by atoms with Gasteiger partial charge in [-0.3, -0.25) is 18.9 Å². The molecule has 4 aromatic carbocycles. The molecule has 56 heavy (non-hydrogen) atoms. The van der Waals surface area contributed by atoms with Gasteiger partial charge in [0.1, 0.15) is 4.90 Å². The minimum atomic E-state index is -3.98. The molecule has 1 fully saturated rings. The van der Waals surface area contributed by atoms with E-state index in [2.05, 4.69) is 15.6 Å². The van der Waals surface area contributed by atoms with Crippen LogP contribution in [0.3, 0.4) is 0 Å². The van der Waals surface area contributed by atoms with Crippen LogP contribution >= 0.6 is 23.2 Å². The number of piperidine rings is 1. The van der Waals surface area contributed by atoms with Crippen molar-refractivity contribution in [3.63, 3.8) is 0 Å². The molecule has 1 aromatic heterocycles. The number of hydrogen-bond donors (Lipinski definition) is 4. The highest BCUT2D eigenvalue weighted by Gasteiger charge is 2.27. The Morgan fingerprint density at radius 3 is 2.20 bits per heavy atom. The predicted octanol–water partition coefficient (Wildman–Crippen LogP) is 7.18. The Kier molecular flexibility index (Phi) is 14.5. The van der Waals surface area contributed by atoms with Crippen LogP contribution in [0.5, 0.6) is 0 Å². The number of pyridine rings is 1. The van der Waals surface area contributed by atoms with Crippen molar-refractivity contribution >= 4 is 56.4 Å². The number of amides is 2. The summed E-state index contributed by atoms with van der Waals surface area (Å²) in [7, 11) is -3.98. The third-order valence-electron chi connectivity index (χ3n) is 8.91. The lowest BCUT2D eigenvalue weighted by atomic mass is 10.1. The number of carbonyl (C=O) groups excluding carboxylic acids is 2. The van der Waals surface area contributed by atoms with Crippen molar-refractivity contribution in [1.29, 1.82) is 0 Å². The molecule has 1 saturated heterocycles. The van der Waals surface area contributed by atoms with Crippen LogP contribution in [0.2, 0.25) is 10.0 Å². The van der Waals surface area contributed by atoms with Crippen LogP contribution in [0.15, 0.2) is 126 Å². The van der Waals surface area contributed by atoms with Crippen molar-refractivity contribution in [2.24, 2.45) is 0 Å². The lowest BCUT2D eigenvalue weighted by Gasteiger charge is -2.30. The Morgan fingerprint density at radius 2 is 1.55 bits per heavy atom. The van der Waals surface area contributed by atoms with E-state index in [0.29, 0.717) is 35.9 Å². The van der Waals surface area contributed by atoms with Crippen molar-refractivity contribution in [2.45, 2.75) is 56.3 Å². The van der Waals surface area contributed by atoms with Gasteiger partial charge in [0.05, 0.1) is 30.5 Å². The van der Waals surface area contributed by atoms with Crippen LogP contribution in [0.25, 0.3) is 0 Å². The molecule has 5 aromatic rings. The summed E-state index contributed by atoms with van der Waals surface area (Å²) in [4.78, 5) is 31.0. The van der Waals surface area contributed by atoms with E-state index < -0.39 is 27.6 Å². The molecule has 2 heterocycles. The lowest BCUT2D eigenvalue weighted by Crippen LogP contribution is -2.46. The number of benzene rings is 4. The largest absolute Gasteiger partial charge is 0.394 e. The fourth-order valence-electron chi connectivity index (χ4n) is 5.81. The fourth-order valence-corrected chi connectivity index (χ4v) is 7.47. The second kappa shape index (κ2) is 19.2. The molecule has 0 saturated carbocycles. The van der Waals surface area contributed by atoms with E-state index in [4.69, 9.17) is 23.2 Å². The first-order valence-corrected chi connectivity index (χ1v) is 20.2. The minimum Gasteiger partial charge on any atom is -0.394 e. The molecule has 0 radical (unpaired) electrons. The maximum Gasteiger partial charge on any atom is 0.266 e. The third kappa shape index (κ3) is 11.8. The number of hydrogen-bond acceptors (Lipinski definition) is 8. The lowest BCUT2D eigenvalue weighted by molar-refractivity contribution is 0.0474. The Hall–Kier alpha value is -4.98. The van der Waals surface area contributed by atoms with Crippen LogP contribution in [-0.4, -0.2) is 71.7 Å². The van der Waals surface area contributed by atoms with Gasteiger partial charge in [-0.05, 0) is 111 Å². The summed E-state index contributed by atoms with van der Waals surface area (Å²) < 4.78 is 28.2. The number of aromatic nitrogens is 1. The van der Waals surface area contributed by atoms with Crippen LogP contribution in [-0.2, 0) is 23.1 Å². The molecule has 0 aliphatic carbocycles.